The van der Waals surface area contributed by atoms with Gasteiger partial charge in [0.2, 0.25) is 23.6 Å². The lowest BCUT2D eigenvalue weighted by Crippen LogP contribution is -2.36. The van der Waals surface area contributed by atoms with Gasteiger partial charge in [-0.3, -0.25) is 24.1 Å². The van der Waals surface area contributed by atoms with Crippen molar-refractivity contribution in [1.82, 2.24) is 15.5 Å². The van der Waals surface area contributed by atoms with Gasteiger partial charge in [0.05, 0.1) is 6.61 Å². The summed E-state index contributed by atoms with van der Waals surface area (Å²) in [7, 11) is 0. The molecule has 0 spiro atoms. The summed E-state index contributed by atoms with van der Waals surface area (Å²) in [4.78, 5) is 48.5. The third kappa shape index (κ3) is 7.51. The fraction of sp³-hybridized carbons (Fsp3) is 0.778. The first-order chi connectivity index (χ1) is 12.2. The molecule has 1 heterocycles. The molecule has 1 unspecified atom stereocenters. The molecule has 4 amide bonds. The second kappa shape index (κ2) is 10.9. The molecule has 1 rings (SSSR count). The van der Waals surface area contributed by atoms with Crippen LogP contribution in [0.25, 0.3) is 0 Å². The van der Waals surface area contributed by atoms with E-state index in [4.69, 9.17) is 4.74 Å². The zero-order valence-corrected chi connectivity index (χ0v) is 16.2. The van der Waals surface area contributed by atoms with Crippen LogP contribution in [0.2, 0.25) is 0 Å². The first-order valence-electron chi connectivity index (χ1n) is 9.17. The molecule has 1 aliphatic heterocycles. The molecule has 148 valence electrons. The number of nitrogens with one attached hydrogen (secondary N) is 2. The number of likely N-dealkylation sites (tertiary alicyclic amines) is 1. The largest absolute Gasteiger partial charge is 0.370 e. The number of hydrogen-bond acceptors (Lipinski definition) is 5. The molecule has 26 heavy (non-hydrogen) atoms. The Morgan fingerprint density at radius 1 is 1.15 bits per heavy atom. The molecule has 1 aliphatic rings. The number of imide groups is 1. The molecule has 2 N–H and O–H groups in total. The quantitative estimate of drug-likeness (QED) is 0.403. The predicted octanol–water partition coefficient (Wildman–Crippen LogP) is 0.313. The normalized spacial score (nSPS) is 17.3. The first kappa shape index (κ1) is 22.1. The van der Waals surface area contributed by atoms with E-state index in [0.29, 0.717) is 12.5 Å². The molecule has 0 aromatic carbocycles. The minimum absolute atomic E-state index is 0.0457. The lowest BCUT2D eigenvalue weighted by atomic mass is 9.94. The zero-order valence-electron chi connectivity index (χ0n) is 16.2. The van der Waals surface area contributed by atoms with Gasteiger partial charge in [0, 0.05) is 38.4 Å². The van der Waals surface area contributed by atoms with Crippen molar-refractivity contribution in [3.8, 4) is 0 Å². The Labute approximate surface area is 155 Å². The van der Waals surface area contributed by atoms with Crippen molar-refractivity contribution in [2.45, 2.75) is 40.5 Å². The summed E-state index contributed by atoms with van der Waals surface area (Å²) in [6.45, 7) is 8.98. The Kier molecular flexibility index (Phi) is 9.26. The van der Waals surface area contributed by atoms with Crippen molar-refractivity contribution in [2.24, 2.45) is 17.8 Å². The molecule has 8 heteroatoms. The summed E-state index contributed by atoms with van der Waals surface area (Å²) < 4.78 is 5.19. The highest BCUT2D eigenvalue weighted by Crippen LogP contribution is 2.26. The average Bonchev–Trinajstić information content (AvgIpc) is 2.85. The van der Waals surface area contributed by atoms with E-state index in [1.165, 1.54) is 4.90 Å². The molecule has 0 aromatic rings. The SMILES string of the molecule is CC(C)CNC(=O)COCCNC(=O)CCN1C(=O)CC(C(C)C)C1=O. The number of carbonyl (C=O) groups excluding carboxylic acids is 4. The fourth-order valence-corrected chi connectivity index (χ4v) is 2.56. The molecule has 0 saturated carbocycles. The van der Waals surface area contributed by atoms with E-state index in [1.807, 2.05) is 27.7 Å². The van der Waals surface area contributed by atoms with Gasteiger partial charge in [0.25, 0.3) is 0 Å². The van der Waals surface area contributed by atoms with Crippen molar-refractivity contribution in [2.75, 3.05) is 32.8 Å². The van der Waals surface area contributed by atoms with Crippen LogP contribution in [-0.4, -0.2) is 61.4 Å². The number of amides is 4. The minimum Gasteiger partial charge on any atom is -0.370 e. The summed E-state index contributed by atoms with van der Waals surface area (Å²) in [5.74, 6) is -0.627. The molecule has 0 radical (unpaired) electrons. The van der Waals surface area contributed by atoms with E-state index in [-0.39, 0.29) is 74.6 Å². The van der Waals surface area contributed by atoms with E-state index < -0.39 is 0 Å². The molecular weight excluding hydrogens is 338 g/mol. The number of hydrogen-bond donors (Lipinski definition) is 2. The monoisotopic (exact) mass is 369 g/mol. The lowest BCUT2D eigenvalue weighted by Gasteiger charge is -2.16. The zero-order chi connectivity index (χ0) is 19.7. The summed E-state index contributed by atoms with van der Waals surface area (Å²) in [6.07, 6.45) is 0.294. The number of rotatable bonds is 11. The fourth-order valence-electron chi connectivity index (χ4n) is 2.56. The summed E-state index contributed by atoms with van der Waals surface area (Å²) in [6, 6.07) is 0. The second-order valence-electron chi connectivity index (χ2n) is 7.29. The van der Waals surface area contributed by atoms with E-state index >= 15 is 0 Å². The molecule has 1 atom stereocenters. The second-order valence-corrected chi connectivity index (χ2v) is 7.29. The molecule has 0 aliphatic carbocycles. The average molecular weight is 369 g/mol. The summed E-state index contributed by atoms with van der Waals surface area (Å²) in [5.41, 5.74) is 0. The number of ether oxygens (including phenoxy) is 1. The van der Waals surface area contributed by atoms with Crippen molar-refractivity contribution < 1.29 is 23.9 Å². The van der Waals surface area contributed by atoms with Gasteiger partial charge in [-0.25, -0.2) is 0 Å². The van der Waals surface area contributed by atoms with Crippen LogP contribution in [0.1, 0.15) is 40.5 Å². The summed E-state index contributed by atoms with van der Waals surface area (Å²) >= 11 is 0. The van der Waals surface area contributed by atoms with E-state index in [9.17, 15) is 19.2 Å². The number of nitrogens with zero attached hydrogens (tertiary/aromatic N) is 1. The van der Waals surface area contributed by atoms with Crippen LogP contribution in [0.3, 0.4) is 0 Å². The van der Waals surface area contributed by atoms with Crippen LogP contribution in [0, 0.1) is 17.8 Å². The first-order valence-corrected chi connectivity index (χ1v) is 9.17. The maximum absolute atomic E-state index is 12.1. The number of carbonyl (C=O) groups is 4. The highest BCUT2D eigenvalue weighted by Gasteiger charge is 2.39. The summed E-state index contributed by atoms with van der Waals surface area (Å²) in [5, 5.41) is 5.38. The van der Waals surface area contributed by atoms with Gasteiger partial charge in [-0.2, -0.15) is 0 Å². The molecule has 8 nitrogen and oxygen atoms in total. The predicted molar refractivity (Wildman–Crippen MR) is 96.0 cm³/mol. The van der Waals surface area contributed by atoms with Crippen LogP contribution >= 0.6 is 0 Å². The maximum Gasteiger partial charge on any atom is 0.246 e. The van der Waals surface area contributed by atoms with Crippen LogP contribution in [-0.2, 0) is 23.9 Å². The topological polar surface area (TPSA) is 105 Å². The van der Waals surface area contributed by atoms with Crippen LogP contribution < -0.4 is 10.6 Å². The van der Waals surface area contributed by atoms with Gasteiger partial charge in [-0.15, -0.1) is 0 Å². The molecule has 1 saturated heterocycles. The Bertz CT molecular complexity index is 519. The smallest absolute Gasteiger partial charge is 0.246 e. The van der Waals surface area contributed by atoms with Gasteiger partial charge in [0.1, 0.15) is 6.61 Å². The van der Waals surface area contributed by atoms with Crippen LogP contribution in [0.15, 0.2) is 0 Å². The molecule has 0 aromatic heterocycles. The van der Waals surface area contributed by atoms with Crippen molar-refractivity contribution in [1.29, 1.82) is 0 Å². The van der Waals surface area contributed by atoms with Gasteiger partial charge < -0.3 is 15.4 Å². The van der Waals surface area contributed by atoms with E-state index in [1.54, 1.807) is 0 Å². The molecular formula is C18H31N3O5. The van der Waals surface area contributed by atoms with Crippen LogP contribution in [0.5, 0.6) is 0 Å². The Morgan fingerprint density at radius 2 is 1.85 bits per heavy atom. The van der Waals surface area contributed by atoms with Gasteiger partial charge >= 0.3 is 0 Å². The van der Waals surface area contributed by atoms with Crippen molar-refractivity contribution in [3.63, 3.8) is 0 Å². The Balaban J connectivity index is 2.15. The highest BCUT2D eigenvalue weighted by atomic mass is 16.5. The minimum atomic E-state index is -0.277. The third-order valence-electron chi connectivity index (χ3n) is 4.16. The third-order valence-corrected chi connectivity index (χ3v) is 4.16. The van der Waals surface area contributed by atoms with Crippen LogP contribution in [0.4, 0.5) is 0 Å². The lowest BCUT2D eigenvalue weighted by molar-refractivity contribution is -0.140. The maximum atomic E-state index is 12.1. The van der Waals surface area contributed by atoms with Crippen molar-refractivity contribution in [3.05, 3.63) is 0 Å². The Morgan fingerprint density at radius 3 is 2.42 bits per heavy atom. The van der Waals surface area contributed by atoms with Gasteiger partial charge in [-0.05, 0) is 11.8 Å². The standard InChI is InChI=1S/C18H31N3O5/c1-12(2)10-20-16(23)11-26-8-6-19-15(22)5-7-21-17(24)9-14(13(3)4)18(21)25/h12-14H,5-11H2,1-4H3,(H,19,22)(H,20,23). The highest BCUT2D eigenvalue weighted by molar-refractivity contribution is 6.03. The molecule has 1 fully saturated rings. The van der Waals surface area contributed by atoms with E-state index in [2.05, 4.69) is 10.6 Å². The van der Waals surface area contributed by atoms with E-state index in [0.717, 1.165) is 0 Å². The van der Waals surface area contributed by atoms with Gasteiger partial charge in [-0.1, -0.05) is 27.7 Å². The van der Waals surface area contributed by atoms with Crippen molar-refractivity contribution >= 4 is 23.6 Å². The Hall–Kier alpha value is -1.96. The molecule has 0 bridgehead atoms. The van der Waals surface area contributed by atoms with Gasteiger partial charge in [0.15, 0.2) is 0 Å².